The molecule has 0 aliphatic heterocycles. The van der Waals surface area contributed by atoms with Crippen LogP contribution in [-0.4, -0.2) is 209 Å². The van der Waals surface area contributed by atoms with Crippen LogP contribution in [0.5, 0.6) is 0 Å². The second-order valence-electron chi connectivity index (χ2n) is 19.1. The molecule has 0 aromatic heterocycles. The number of rotatable bonds is 30. The van der Waals surface area contributed by atoms with Crippen molar-refractivity contribution in [2.45, 2.75) is 149 Å². The average molecular weight is 1680 g/mol. The molecular formula is C46H70Br4F22O20. The van der Waals surface area contributed by atoms with E-state index >= 15 is 0 Å². The summed E-state index contributed by atoms with van der Waals surface area (Å²) in [4.78, 5) is 72.0. The lowest BCUT2D eigenvalue weighted by molar-refractivity contribution is -0.516. The largest absolute Gasteiger partial charge is 0.463 e. The molecule has 0 saturated carbocycles. The van der Waals surface area contributed by atoms with Crippen LogP contribution in [0.2, 0.25) is 0 Å². The van der Waals surface area contributed by atoms with Crippen LogP contribution in [0.15, 0.2) is 0 Å². The zero-order valence-electron chi connectivity index (χ0n) is 50.3. The van der Waals surface area contributed by atoms with Crippen LogP contribution in [0.25, 0.3) is 0 Å². The van der Waals surface area contributed by atoms with Gasteiger partial charge in [0.25, 0.3) is 5.92 Å². The Labute approximate surface area is 544 Å². The number of aliphatic hydroxyl groups is 4. The summed E-state index contributed by atoms with van der Waals surface area (Å²) in [5, 5.41) is 33.4. The first-order valence-electron chi connectivity index (χ1n) is 24.1. The molecule has 2 unspecified atom stereocenters. The summed E-state index contributed by atoms with van der Waals surface area (Å²) in [6, 6.07) is 0. The molecule has 0 heterocycles. The zero-order valence-corrected chi connectivity index (χ0v) is 56.6. The van der Waals surface area contributed by atoms with Gasteiger partial charge < -0.3 is 48.8 Å². The van der Waals surface area contributed by atoms with E-state index in [0.29, 0.717) is 0 Å². The van der Waals surface area contributed by atoms with Crippen LogP contribution in [0, 0.1) is 10.8 Å². The molecule has 0 bridgehead atoms. The Morgan fingerprint density at radius 2 is 0.598 bits per heavy atom. The number of hydrogen-bond acceptors (Lipinski definition) is 20. The number of ether oxygens (including phenoxy) is 8. The van der Waals surface area contributed by atoms with Gasteiger partial charge in [-0.15, -0.1) is 9.88 Å². The highest BCUT2D eigenvalue weighted by atomic mass is 79.9. The molecule has 0 fully saturated rings. The van der Waals surface area contributed by atoms with Gasteiger partial charge in [-0.3, -0.25) is 33.2 Å². The van der Waals surface area contributed by atoms with Crippen LogP contribution in [-0.2, 0) is 76.5 Å². The molecule has 0 spiro atoms. The molecule has 556 valence electrons. The fraction of sp³-hybridized carbons (Fsp3) is 0.870. The molecule has 2 atom stereocenters. The fourth-order valence-corrected chi connectivity index (χ4v) is 3.64. The first-order chi connectivity index (χ1) is 40.9. The lowest BCUT2D eigenvalue weighted by atomic mass is 9.93. The molecule has 46 heteroatoms. The van der Waals surface area contributed by atoms with E-state index in [-0.39, 0.29) is 33.4 Å². The lowest BCUT2D eigenvalue weighted by Gasteiger charge is -2.32. The molecule has 0 aromatic rings. The lowest BCUT2D eigenvalue weighted by Crippen LogP contribution is -2.53. The monoisotopic (exact) mass is 1680 g/mol. The third-order valence-corrected chi connectivity index (χ3v) is 9.04. The molecule has 4 N–H and O–H groups in total. The van der Waals surface area contributed by atoms with Crippen LogP contribution in [0.3, 0.4) is 0 Å². The minimum absolute atomic E-state index is 0.179. The first-order valence-corrected chi connectivity index (χ1v) is 27.3. The van der Waals surface area contributed by atoms with Crippen molar-refractivity contribution in [2.75, 3.05) is 93.3 Å². The number of halogens is 26. The molecule has 92 heavy (non-hydrogen) atoms. The van der Waals surface area contributed by atoms with Crippen molar-refractivity contribution in [1.29, 1.82) is 0 Å². The molecule has 0 rings (SSSR count). The van der Waals surface area contributed by atoms with Gasteiger partial charge in [0.05, 0.1) is 33.1 Å². The van der Waals surface area contributed by atoms with Crippen LogP contribution in [0.1, 0.15) is 89.5 Å². The maximum Gasteiger partial charge on any atom is 0.453 e. The molecule has 0 radical (unpaired) electrons. The van der Waals surface area contributed by atoms with Gasteiger partial charge in [0.2, 0.25) is 13.7 Å². The van der Waals surface area contributed by atoms with E-state index in [0.717, 1.165) is 6.92 Å². The number of esters is 6. The molecule has 0 saturated heterocycles. The van der Waals surface area contributed by atoms with E-state index in [9.17, 15) is 131 Å². The summed E-state index contributed by atoms with van der Waals surface area (Å²) >= 11 is 11.9. The highest BCUT2D eigenvalue weighted by Gasteiger charge is 2.68. The van der Waals surface area contributed by atoms with Crippen LogP contribution >= 0.6 is 63.7 Å². The van der Waals surface area contributed by atoms with E-state index in [1.807, 2.05) is 4.94 Å². The SMILES string of the molecule is CC(C)(Br)C(=O)OCC(C)(CO)C(=O)OCF.CC(C)(Br)C(=O)OCC(F)(F)OF.CC(C)(Br)C(=O)OCF.CC(F)(F)CC(F)(F)OC(F)(F)C(F)(F)OC(F)(F)COC(=O)C(C)(CO)COC(=O)C(C)(C)Br.CCF.FCC(F)(F)OF.OCCF.OCCF. The molecular weight excluding hydrogens is 1610 g/mol. The van der Waals surface area contributed by atoms with Gasteiger partial charge in [-0.25, -0.2) is 40.2 Å². The quantitative estimate of drug-likeness (QED) is 0.0225. The third-order valence-electron chi connectivity index (χ3n) is 7.74. The summed E-state index contributed by atoms with van der Waals surface area (Å²) in [5.41, 5.74) is -3.69. The van der Waals surface area contributed by atoms with Gasteiger partial charge in [-0.1, -0.05) is 63.7 Å². The van der Waals surface area contributed by atoms with E-state index in [1.165, 1.54) is 41.5 Å². The first kappa shape index (κ1) is 105. The smallest absolute Gasteiger partial charge is 0.453 e. The molecule has 0 aliphatic carbocycles. The van der Waals surface area contributed by atoms with E-state index in [1.54, 1.807) is 27.7 Å². The fourth-order valence-electron chi connectivity index (χ4n) is 3.18. The topological polar surface area (TPSA) is 276 Å². The third kappa shape index (κ3) is 56.1. The van der Waals surface area contributed by atoms with Crippen molar-refractivity contribution in [1.82, 2.24) is 0 Å². The predicted octanol–water partition coefficient (Wildman–Crippen LogP) is 12.0. The number of carbonyl (C=O) groups is 6. The Hall–Kier alpha value is -3.12. The normalized spacial score (nSPS) is 13.5. The van der Waals surface area contributed by atoms with Crippen LogP contribution < -0.4 is 0 Å². The Balaban J connectivity index is -0.000000171. The number of alkyl halides is 24. The Morgan fingerprint density at radius 3 is 0.804 bits per heavy atom. The van der Waals surface area contributed by atoms with Crippen LogP contribution in [0.4, 0.5) is 96.9 Å². The van der Waals surface area contributed by atoms with Gasteiger partial charge in [-0.2, -0.15) is 52.7 Å². The Morgan fingerprint density at radius 1 is 0.370 bits per heavy atom. The second-order valence-corrected chi connectivity index (χ2v) is 27.1. The summed E-state index contributed by atoms with van der Waals surface area (Å²) in [6.07, 6.45) is -35.3. The highest BCUT2D eigenvalue weighted by molar-refractivity contribution is 9.10. The van der Waals surface area contributed by atoms with Crippen molar-refractivity contribution < 1.29 is 194 Å². The van der Waals surface area contributed by atoms with Gasteiger partial charge in [0.15, 0.2) is 19.9 Å². The predicted molar refractivity (Wildman–Crippen MR) is 286 cm³/mol. The van der Waals surface area contributed by atoms with Gasteiger partial charge in [0, 0.05) is 0 Å². The van der Waals surface area contributed by atoms with Crippen molar-refractivity contribution in [3.63, 3.8) is 0 Å². The van der Waals surface area contributed by atoms with Gasteiger partial charge >= 0.3 is 72.5 Å². The highest BCUT2D eigenvalue weighted by Crippen LogP contribution is 2.45. The van der Waals surface area contributed by atoms with Gasteiger partial charge in [0.1, 0.15) is 61.1 Å². The van der Waals surface area contributed by atoms with Crippen molar-refractivity contribution >= 4 is 99.5 Å². The molecule has 0 amide bonds. The minimum Gasteiger partial charge on any atom is -0.463 e. The van der Waals surface area contributed by atoms with E-state index in [2.05, 4.69) is 97.1 Å². The van der Waals surface area contributed by atoms with Gasteiger partial charge in [-0.05, 0) is 92.1 Å². The zero-order chi connectivity index (χ0) is 75.6. The molecule has 20 nitrogen and oxygen atoms in total. The summed E-state index contributed by atoms with van der Waals surface area (Å²) in [6.45, 7) is 1.46. The maximum absolute atomic E-state index is 13.6. The van der Waals surface area contributed by atoms with Crippen molar-refractivity contribution in [2.24, 2.45) is 10.8 Å². The summed E-state index contributed by atoms with van der Waals surface area (Å²) in [5.74, 6) is -10.2. The number of hydrogen-bond donors (Lipinski definition) is 4. The molecule has 0 aliphatic rings. The van der Waals surface area contributed by atoms with Crippen molar-refractivity contribution in [3.8, 4) is 0 Å². The minimum atomic E-state index is -6.55. The summed E-state index contributed by atoms with van der Waals surface area (Å²) in [7, 11) is 0. The van der Waals surface area contributed by atoms with E-state index < -0.39 is 180 Å². The number of carbonyl (C=O) groups excluding carboxylic acids is 6. The second kappa shape index (κ2) is 47.7. The van der Waals surface area contributed by atoms with E-state index in [4.69, 9.17) is 24.8 Å². The Bertz CT molecular complexity index is 2020. The standard InChI is InChI=1S/C17H21BrF10O7.C10H16BrFO5.C6H8BrF3O3.C5H8BrFO2.C2H2F4O.2C2H5FO.C2H5F/c1-11(2,18)9(30)32-7-12(3,6-29)10(31)33-8-15(23,24)35-17(27,28)16(25,26)34-14(21,22)5-13(4,19)20;1-9(2,11)7(14)16-5-10(3,4-13)8(15)17-6-12;1-5(2,7)4(11)12-3-6(8,9)13-10;1-5(2,6)4(8)9-3-7;3-1-2(4,5)7-6;2*3-1-2-4;1-2-3/h29H,5-8H2,1-4H3;13H,4-6H2,1-3H3;3H2,1-2H3;3H2,1-2H3;1H2;2*4H,1-2H2;2H2,1H3. The molecule has 0 aromatic carbocycles. The summed E-state index contributed by atoms with van der Waals surface area (Å²) < 4.78 is 291. The maximum atomic E-state index is 13.6. The Kier molecular flexibility index (Phi) is 54.4. The average Bonchev–Trinajstić information content (AvgIpc) is 0.791. The number of aliphatic hydroxyl groups excluding tert-OH is 4. The van der Waals surface area contributed by atoms with Crippen molar-refractivity contribution in [3.05, 3.63) is 0 Å².